The monoisotopic (exact) mass is 159 g/mol. The molecule has 1 saturated heterocycles. The predicted molar refractivity (Wildman–Crippen MR) is 39.4 cm³/mol. The molecule has 0 saturated carbocycles. The van der Waals surface area contributed by atoms with Crippen molar-refractivity contribution in [3.05, 3.63) is 0 Å². The molecule has 1 aliphatic heterocycles. The van der Waals surface area contributed by atoms with E-state index in [2.05, 4.69) is 0 Å². The van der Waals surface area contributed by atoms with E-state index in [-0.39, 0.29) is 6.09 Å². The van der Waals surface area contributed by atoms with Crippen molar-refractivity contribution in [2.75, 3.05) is 33.4 Å². The van der Waals surface area contributed by atoms with Crippen LogP contribution in [-0.2, 0) is 9.47 Å². The topological polar surface area (TPSA) is 38.8 Å². The maximum absolute atomic E-state index is 10.8. The molecular formula is C7H13NO3. The third kappa shape index (κ3) is 2.38. The van der Waals surface area contributed by atoms with Gasteiger partial charge >= 0.3 is 6.09 Å². The lowest BCUT2D eigenvalue weighted by Gasteiger charge is -2.10. The molecule has 0 aromatic carbocycles. The number of carbonyl (C=O) groups is 1. The van der Waals surface area contributed by atoms with Crippen LogP contribution in [0.4, 0.5) is 4.79 Å². The molecule has 1 heterocycles. The largest absolute Gasteiger partial charge is 0.448 e. The summed E-state index contributed by atoms with van der Waals surface area (Å²) in [6.45, 7) is 2.70. The van der Waals surface area contributed by atoms with Crippen molar-refractivity contribution in [3.63, 3.8) is 0 Å². The van der Waals surface area contributed by atoms with Gasteiger partial charge in [-0.1, -0.05) is 0 Å². The standard InChI is InChI=1S/C7H13NO3/c1-10-5-2-3-8-4-6-11-7(8)9/h2-6H2,1H3. The average Bonchev–Trinajstić information content (AvgIpc) is 2.37. The van der Waals surface area contributed by atoms with E-state index in [0.717, 1.165) is 19.5 Å². The van der Waals surface area contributed by atoms with Crippen LogP contribution in [-0.4, -0.2) is 44.4 Å². The number of ether oxygens (including phenoxy) is 2. The minimum Gasteiger partial charge on any atom is -0.448 e. The Hall–Kier alpha value is -0.770. The lowest BCUT2D eigenvalue weighted by Crippen LogP contribution is -2.25. The summed E-state index contributed by atoms with van der Waals surface area (Å²) in [7, 11) is 1.66. The molecule has 0 spiro atoms. The van der Waals surface area contributed by atoms with Crippen molar-refractivity contribution in [2.45, 2.75) is 6.42 Å². The van der Waals surface area contributed by atoms with Crippen molar-refractivity contribution in [3.8, 4) is 0 Å². The maximum atomic E-state index is 10.8. The van der Waals surface area contributed by atoms with E-state index < -0.39 is 0 Å². The van der Waals surface area contributed by atoms with Gasteiger partial charge in [0.25, 0.3) is 0 Å². The molecule has 1 rings (SSSR count). The molecular weight excluding hydrogens is 146 g/mol. The molecule has 0 unspecified atom stereocenters. The Labute approximate surface area is 66.1 Å². The van der Waals surface area contributed by atoms with E-state index in [1.807, 2.05) is 0 Å². The van der Waals surface area contributed by atoms with Gasteiger partial charge in [0, 0.05) is 20.3 Å². The fourth-order valence-corrected chi connectivity index (χ4v) is 1.03. The van der Waals surface area contributed by atoms with Crippen LogP contribution in [0.2, 0.25) is 0 Å². The highest BCUT2D eigenvalue weighted by molar-refractivity contribution is 5.69. The molecule has 0 aromatic rings. The molecule has 1 fully saturated rings. The van der Waals surface area contributed by atoms with Crippen molar-refractivity contribution < 1.29 is 14.3 Å². The van der Waals surface area contributed by atoms with Gasteiger partial charge in [-0.2, -0.15) is 0 Å². The van der Waals surface area contributed by atoms with Gasteiger partial charge in [0.2, 0.25) is 0 Å². The zero-order chi connectivity index (χ0) is 8.10. The van der Waals surface area contributed by atoms with Crippen molar-refractivity contribution in [2.24, 2.45) is 0 Å². The zero-order valence-corrected chi connectivity index (χ0v) is 6.71. The van der Waals surface area contributed by atoms with E-state index in [0.29, 0.717) is 13.2 Å². The van der Waals surface area contributed by atoms with Crippen molar-refractivity contribution in [1.29, 1.82) is 0 Å². The Bertz CT molecular complexity index is 138. The van der Waals surface area contributed by atoms with Gasteiger partial charge in [-0.15, -0.1) is 0 Å². The fourth-order valence-electron chi connectivity index (χ4n) is 1.03. The van der Waals surface area contributed by atoms with Crippen LogP contribution in [0.5, 0.6) is 0 Å². The fraction of sp³-hybridized carbons (Fsp3) is 0.857. The number of rotatable bonds is 4. The second kappa shape index (κ2) is 4.18. The van der Waals surface area contributed by atoms with Crippen molar-refractivity contribution >= 4 is 6.09 Å². The van der Waals surface area contributed by atoms with Gasteiger partial charge in [-0.3, -0.25) is 0 Å². The van der Waals surface area contributed by atoms with Crippen molar-refractivity contribution in [1.82, 2.24) is 4.90 Å². The van der Waals surface area contributed by atoms with E-state index in [9.17, 15) is 4.79 Å². The summed E-state index contributed by atoms with van der Waals surface area (Å²) in [5, 5.41) is 0. The molecule has 1 aliphatic rings. The third-order valence-corrected chi connectivity index (χ3v) is 1.62. The first-order chi connectivity index (χ1) is 5.34. The average molecular weight is 159 g/mol. The molecule has 64 valence electrons. The summed E-state index contributed by atoms with van der Waals surface area (Å²) in [6, 6.07) is 0. The van der Waals surface area contributed by atoms with Gasteiger partial charge in [0.1, 0.15) is 6.61 Å². The van der Waals surface area contributed by atoms with Crippen LogP contribution >= 0.6 is 0 Å². The summed E-state index contributed by atoms with van der Waals surface area (Å²) >= 11 is 0. The molecule has 4 heteroatoms. The second-order valence-electron chi connectivity index (χ2n) is 2.45. The molecule has 1 amide bonds. The van der Waals surface area contributed by atoms with Gasteiger partial charge < -0.3 is 14.4 Å². The first kappa shape index (κ1) is 8.33. The van der Waals surface area contributed by atoms with Gasteiger partial charge in [-0.05, 0) is 6.42 Å². The van der Waals surface area contributed by atoms with Crippen LogP contribution < -0.4 is 0 Å². The summed E-state index contributed by atoms with van der Waals surface area (Å²) in [6.07, 6.45) is 0.687. The Morgan fingerprint density at radius 1 is 1.73 bits per heavy atom. The van der Waals surface area contributed by atoms with Crippen LogP contribution in [0.1, 0.15) is 6.42 Å². The Morgan fingerprint density at radius 2 is 2.55 bits per heavy atom. The molecule has 0 N–H and O–H groups in total. The van der Waals surface area contributed by atoms with E-state index >= 15 is 0 Å². The maximum Gasteiger partial charge on any atom is 0.409 e. The summed E-state index contributed by atoms with van der Waals surface area (Å²) in [5.41, 5.74) is 0. The third-order valence-electron chi connectivity index (χ3n) is 1.62. The number of nitrogens with zero attached hydrogens (tertiary/aromatic N) is 1. The van der Waals surface area contributed by atoms with Crippen LogP contribution in [0, 0.1) is 0 Å². The highest BCUT2D eigenvalue weighted by Crippen LogP contribution is 2.03. The number of hydrogen-bond acceptors (Lipinski definition) is 3. The Kier molecular flexibility index (Phi) is 3.16. The number of amides is 1. The van der Waals surface area contributed by atoms with E-state index in [1.54, 1.807) is 12.0 Å². The van der Waals surface area contributed by atoms with E-state index in [1.165, 1.54) is 0 Å². The Balaban J connectivity index is 2.10. The first-order valence-electron chi connectivity index (χ1n) is 3.75. The minimum absolute atomic E-state index is 0.193. The highest BCUT2D eigenvalue weighted by atomic mass is 16.6. The van der Waals surface area contributed by atoms with Gasteiger partial charge in [-0.25, -0.2) is 4.79 Å². The number of carbonyl (C=O) groups excluding carboxylic acids is 1. The first-order valence-corrected chi connectivity index (χ1v) is 3.75. The van der Waals surface area contributed by atoms with Gasteiger partial charge in [0.15, 0.2) is 0 Å². The van der Waals surface area contributed by atoms with Crippen LogP contribution in [0.15, 0.2) is 0 Å². The molecule has 0 atom stereocenters. The van der Waals surface area contributed by atoms with Crippen LogP contribution in [0.3, 0.4) is 0 Å². The minimum atomic E-state index is -0.193. The molecule has 0 aromatic heterocycles. The quantitative estimate of drug-likeness (QED) is 0.560. The van der Waals surface area contributed by atoms with Crippen LogP contribution in [0.25, 0.3) is 0 Å². The summed E-state index contributed by atoms with van der Waals surface area (Å²) in [4.78, 5) is 12.5. The lowest BCUT2D eigenvalue weighted by molar-refractivity contribution is 0.150. The number of methoxy groups -OCH3 is 1. The predicted octanol–water partition coefficient (Wildman–Crippen LogP) is 0.475. The Morgan fingerprint density at radius 3 is 3.09 bits per heavy atom. The normalized spacial score (nSPS) is 17.2. The lowest BCUT2D eigenvalue weighted by atomic mass is 10.4. The smallest absolute Gasteiger partial charge is 0.409 e. The number of cyclic esters (lactones) is 1. The molecule has 0 bridgehead atoms. The summed E-state index contributed by atoms with van der Waals surface area (Å²) in [5.74, 6) is 0. The summed E-state index contributed by atoms with van der Waals surface area (Å²) < 4.78 is 9.60. The van der Waals surface area contributed by atoms with E-state index in [4.69, 9.17) is 9.47 Å². The highest BCUT2D eigenvalue weighted by Gasteiger charge is 2.20. The molecule has 0 radical (unpaired) electrons. The number of hydrogen-bond donors (Lipinski definition) is 0. The molecule has 0 aliphatic carbocycles. The SMILES string of the molecule is COCCCN1CCOC1=O. The molecule has 11 heavy (non-hydrogen) atoms. The second-order valence-corrected chi connectivity index (χ2v) is 2.45. The van der Waals surface area contributed by atoms with Gasteiger partial charge in [0.05, 0.1) is 6.54 Å². The zero-order valence-electron chi connectivity index (χ0n) is 6.71. The molecule has 4 nitrogen and oxygen atoms in total.